The van der Waals surface area contributed by atoms with Gasteiger partial charge in [0.2, 0.25) is 0 Å². The van der Waals surface area contributed by atoms with E-state index in [1.54, 1.807) is 6.33 Å². The fraction of sp³-hybridized carbons (Fsp3) is 0.286. The Hall–Kier alpha value is -0.570. The minimum absolute atomic E-state index is 0.874. The summed E-state index contributed by atoms with van der Waals surface area (Å²) in [4.78, 5) is 7.09. The zero-order valence-corrected chi connectivity index (χ0v) is 7.35. The lowest BCUT2D eigenvalue weighted by molar-refractivity contribution is 1.25. The van der Waals surface area contributed by atoms with E-state index < -0.39 is 0 Å². The van der Waals surface area contributed by atoms with Crippen LogP contribution in [-0.2, 0) is 0 Å². The summed E-state index contributed by atoms with van der Waals surface area (Å²) in [6, 6.07) is 0. The van der Waals surface area contributed by atoms with Gasteiger partial charge in [0.25, 0.3) is 0 Å². The van der Waals surface area contributed by atoms with Gasteiger partial charge in [0.1, 0.15) is 0 Å². The van der Waals surface area contributed by atoms with Crippen molar-refractivity contribution < 1.29 is 0 Å². The average molecular weight is 201 g/mol. The molecule has 1 N–H and O–H groups in total. The van der Waals surface area contributed by atoms with E-state index in [1.807, 2.05) is 19.1 Å². The molecule has 1 aromatic heterocycles. The van der Waals surface area contributed by atoms with Crippen LogP contribution in [0.5, 0.6) is 0 Å². The maximum absolute atomic E-state index is 4.09. The summed E-state index contributed by atoms with van der Waals surface area (Å²) in [5, 5.41) is 0.874. The van der Waals surface area contributed by atoms with Gasteiger partial charge in [0.05, 0.1) is 12.0 Å². The smallest absolute Gasteiger partial charge is 0.0929 e. The highest BCUT2D eigenvalue weighted by molar-refractivity contribution is 9.09. The van der Waals surface area contributed by atoms with E-state index in [0.29, 0.717) is 0 Å². The number of nitrogens with zero attached hydrogens (tertiary/aromatic N) is 1. The Morgan fingerprint density at radius 1 is 1.80 bits per heavy atom. The van der Waals surface area contributed by atoms with Crippen molar-refractivity contribution in [3.63, 3.8) is 0 Å². The first kappa shape index (κ1) is 7.54. The van der Waals surface area contributed by atoms with Gasteiger partial charge in [-0.05, 0) is 13.0 Å². The van der Waals surface area contributed by atoms with Crippen molar-refractivity contribution in [2.45, 2.75) is 6.92 Å². The van der Waals surface area contributed by atoms with Gasteiger partial charge < -0.3 is 4.98 Å². The molecule has 0 amide bonds. The molecular weight excluding hydrogens is 192 g/mol. The molecule has 3 heteroatoms. The lowest BCUT2D eigenvalue weighted by Gasteiger charge is -1.84. The van der Waals surface area contributed by atoms with Crippen LogP contribution in [-0.4, -0.2) is 15.3 Å². The van der Waals surface area contributed by atoms with Gasteiger partial charge in [0, 0.05) is 11.0 Å². The van der Waals surface area contributed by atoms with Crippen molar-refractivity contribution in [3.05, 3.63) is 23.8 Å². The second-order valence-electron chi connectivity index (χ2n) is 1.97. The molecule has 0 radical (unpaired) electrons. The second kappa shape index (κ2) is 3.56. The summed E-state index contributed by atoms with van der Waals surface area (Å²) < 4.78 is 0. The van der Waals surface area contributed by atoms with E-state index in [9.17, 15) is 0 Å². The Labute approximate surface area is 68.5 Å². The SMILES string of the molecule is Cc1[nH]cnc1C=CCBr. The van der Waals surface area contributed by atoms with Crippen LogP contribution in [0.4, 0.5) is 0 Å². The van der Waals surface area contributed by atoms with E-state index >= 15 is 0 Å². The lowest BCUT2D eigenvalue weighted by Crippen LogP contribution is -1.75. The summed E-state index contributed by atoms with van der Waals surface area (Å²) in [5.74, 6) is 0. The average Bonchev–Trinajstić information content (AvgIpc) is 2.31. The van der Waals surface area contributed by atoms with Gasteiger partial charge in [0.15, 0.2) is 0 Å². The molecule has 0 saturated heterocycles. The number of aromatic amines is 1. The largest absolute Gasteiger partial charge is 0.348 e. The second-order valence-corrected chi connectivity index (χ2v) is 2.62. The Morgan fingerprint density at radius 3 is 3.10 bits per heavy atom. The Balaban J connectivity index is 2.74. The number of nitrogens with one attached hydrogen (secondary N) is 1. The molecule has 54 valence electrons. The van der Waals surface area contributed by atoms with Crippen molar-refractivity contribution in [2.24, 2.45) is 0 Å². The highest BCUT2D eigenvalue weighted by Gasteiger charge is 1.92. The van der Waals surface area contributed by atoms with Gasteiger partial charge in [-0.25, -0.2) is 4.98 Å². The maximum atomic E-state index is 4.09. The van der Waals surface area contributed by atoms with Gasteiger partial charge in [-0.2, -0.15) is 0 Å². The number of rotatable bonds is 2. The highest BCUT2D eigenvalue weighted by Crippen LogP contribution is 2.02. The highest BCUT2D eigenvalue weighted by atomic mass is 79.9. The van der Waals surface area contributed by atoms with Crippen LogP contribution in [0.25, 0.3) is 6.08 Å². The Morgan fingerprint density at radius 2 is 2.60 bits per heavy atom. The van der Waals surface area contributed by atoms with Crippen LogP contribution >= 0.6 is 15.9 Å². The first-order valence-electron chi connectivity index (χ1n) is 3.07. The summed E-state index contributed by atoms with van der Waals surface area (Å²) >= 11 is 3.29. The Bertz CT molecular complexity index is 227. The normalized spacial score (nSPS) is 11.0. The molecule has 0 aliphatic carbocycles. The molecule has 1 heterocycles. The zero-order valence-electron chi connectivity index (χ0n) is 5.76. The van der Waals surface area contributed by atoms with Crippen LogP contribution in [0, 0.1) is 6.92 Å². The minimum atomic E-state index is 0.874. The summed E-state index contributed by atoms with van der Waals surface area (Å²) in [6.45, 7) is 2.00. The van der Waals surface area contributed by atoms with Crippen LogP contribution in [0.3, 0.4) is 0 Å². The number of H-pyrrole nitrogens is 1. The summed E-state index contributed by atoms with van der Waals surface area (Å²) in [6.07, 6.45) is 5.70. The molecule has 1 aromatic rings. The lowest BCUT2D eigenvalue weighted by atomic mass is 10.3. The van der Waals surface area contributed by atoms with Gasteiger partial charge >= 0.3 is 0 Å². The van der Waals surface area contributed by atoms with Gasteiger partial charge in [-0.3, -0.25) is 0 Å². The van der Waals surface area contributed by atoms with Crippen molar-refractivity contribution >= 4 is 22.0 Å². The standard InChI is InChI=1S/C7H9BrN2/c1-6-7(3-2-4-8)10-5-9-6/h2-3,5H,4H2,1H3,(H,9,10). The Kier molecular flexibility index (Phi) is 2.68. The molecule has 0 bridgehead atoms. The molecular formula is C7H9BrN2. The number of aromatic nitrogens is 2. The third kappa shape index (κ3) is 1.70. The molecule has 2 nitrogen and oxygen atoms in total. The van der Waals surface area contributed by atoms with Crippen molar-refractivity contribution in [1.29, 1.82) is 0 Å². The predicted molar refractivity (Wildman–Crippen MR) is 46.2 cm³/mol. The van der Waals surface area contributed by atoms with Crippen LogP contribution < -0.4 is 0 Å². The number of imidazole rings is 1. The van der Waals surface area contributed by atoms with E-state index in [4.69, 9.17) is 0 Å². The first-order chi connectivity index (χ1) is 4.84. The van der Waals surface area contributed by atoms with E-state index in [2.05, 4.69) is 25.9 Å². The third-order valence-corrected chi connectivity index (χ3v) is 1.61. The number of aryl methyl sites for hydroxylation is 1. The molecule has 0 atom stereocenters. The summed E-state index contributed by atoms with van der Waals surface area (Å²) in [5.41, 5.74) is 2.12. The quantitative estimate of drug-likeness (QED) is 0.729. The van der Waals surface area contributed by atoms with Crippen LogP contribution in [0.1, 0.15) is 11.4 Å². The number of halogens is 1. The molecule has 0 aromatic carbocycles. The number of hydrogen-bond acceptors (Lipinski definition) is 1. The van der Waals surface area contributed by atoms with E-state index in [-0.39, 0.29) is 0 Å². The van der Waals surface area contributed by atoms with Crippen molar-refractivity contribution in [1.82, 2.24) is 9.97 Å². The number of hydrogen-bond donors (Lipinski definition) is 1. The monoisotopic (exact) mass is 200 g/mol. The third-order valence-electron chi connectivity index (χ3n) is 1.23. The molecule has 10 heavy (non-hydrogen) atoms. The number of allylic oxidation sites excluding steroid dienone is 1. The predicted octanol–water partition coefficient (Wildman–Crippen LogP) is 2.13. The molecule has 0 spiro atoms. The molecule has 0 fully saturated rings. The number of alkyl halides is 1. The van der Waals surface area contributed by atoms with Crippen molar-refractivity contribution in [2.75, 3.05) is 5.33 Å². The van der Waals surface area contributed by atoms with Gasteiger partial charge in [-0.15, -0.1) is 0 Å². The molecule has 0 aliphatic heterocycles. The molecule has 0 saturated carbocycles. The fourth-order valence-electron chi connectivity index (χ4n) is 0.694. The van der Waals surface area contributed by atoms with Gasteiger partial charge in [-0.1, -0.05) is 22.0 Å². The summed E-state index contributed by atoms with van der Waals surface area (Å²) in [7, 11) is 0. The zero-order chi connectivity index (χ0) is 7.40. The molecule has 1 rings (SSSR count). The van der Waals surface area contributed by atoms with E-state index in [0.717, 1.165) is 16.7 Å². The van der Waals surface area contributed by atoms with Crippen molar-refractivity contribution in [3.8, 4) is 0 Å². The maximum Gasteiger partial charge on any atom is 0.0929 e. The molecule has 0 aliphatic rings. The first-order valence-corrected chi connectivity index (χ1v) is 4.19. The minimum Gasteiger partial charge on any atom is -0.348 e. The van der Waals surface area contributed by atoms with E-state index in [1.165, 1.54) is 0 Å². The van der Waals surface area contributed by atoms with Crippen LogP contribution in [0.2, 0.25) is 0 Å². The molecule has 0 unspecified atom stereocenters. The topological polar surface area (TPSA) is 28.7 Å². The fourth-order valence-corrected chi connectivity index (χ4v) is 0.881. The van der Waals surface area contributed by atoms with Crippen LogP contribution in [0.15, 0.2) is 12.4 Å².